The molecule has 24 heavy (non-hydrogen) atoms. The van der Waals surface area contributed by atoms with Gasteiger partial charge in [0.2, 0.25) is 0 Å². The lowest BCUT2D eigenvalue weighted by atomic mass is 10.0. The van der Waals surface area contributed by atoms with Gasteiger partial charge in [-0.3, -0.25) is 14.5 Å². The zero-order chi connectivity index (χ0) is 16.7. The van der Waals surface area contributed by atoms with E-state index in [1.54, 1.807) is 23.5 Å². The Morgan fingerprint density at radius 1 is 1.04 bits per heavy atom. The van der Waals surface area contributed by atoms with E-state index in [9.17, 15) is 10.1 Å². The smallest absolute Gasteiger partial charge is 0.269 e. The number of nitrogens with zero attached hydrogens (tertiary/aromatic N) is 3. The zero-order valence-corrected chi connectivity index (χ0v) is 13.7. The van der Waals surface area contributed by atoms with Crippen LogP contribution in [0.5, 0.6) is 0 Å². The van der Waals surface area contributed by atoms with E-state index >= 15 is 0 Å². The van der Waals surface area contributed by atoms with Gasteiger partial charge in [0.1, 0.15) is 0 Å². The quantitative estimate of drug-likeness (QED) is 0.393. The van der Waals surface area contributed by atoms with Gasteiger partial charge in [-0.15, -0.1) is 11.3 Å². The molecule has 0 unspecified atom stereocenters. The first-order valence-corrected chi connectivity index (χ1v) is 8.29. The van der Waals surface area contributed by atoms with Gasteiger partial charge in [-0.25, -0.2) is 4.98 Å². The van der Waals surface area contributed by atoms with Gasteiger partial charge in [0.05, 0.1) is 16.3 Å². The molecule has 0 amide bonds. The van der Waals surface area contributed by atoms with Crippen molar-refractivity contribution in [1.82, 2.24) is 9.38 Å². The van der Waals surface area contributed by atoms with Gasteiger partial charge in [-0.1, -0.05) is 29.8 Å². The van der Waals surface area contributed by atoms with E-state index in [0.717, 1.165) is 27.5 Å². The molecule has 2 heterocycles. The average Bonchev–Trinajstić information content (AvgIpc) is 3.17. The van der Waals surface area contributed by atoms with Crippen molar-refractivity contribution in [3.05, 3.63) is 75.8 Å². The largest absolute Gasteiger partial charge is 0.290 e. The van der Waals surface area contributed by atoms with E-state index in [-0.39, 0.29) is 5.69 Å². The highest BCUT2D eigenvalue weighted by molar-refractivity contribution is 7.15. The van der Waals surface area contributed by atoms with Crippen molar-refractivity contribution in [2.45, 2.75) is 6.92 Å². The number of hydrogen-bond donors (Lipinski definition) is 0. The summed E-state index contributed by atoms with van der Waals surface area (Å²) in [7, 11) is 0. The van der Waals surface area contributed by atoms with E-state index in [1.165, 1.54) is 17.7 Å². The number of hydrogen-bond acceptors (Lipinski definition) is 4. The third-order valence-corrected chi connectivity index (χ3v) is 4.70. The van der Waals surface area contributed by atoms with E-state index in [1.807, 2.05) is 11.6 Å². The van der Waals surface area contributed by atoms with Gasteiger partial charge in [0, 0.05) is 34.8 Å². The van der Waals surface area contributed by atoms with E-state index in [2.05, 4.69) is 35.6 Å². The van der Waals surface area contributed by atoms with Gasteiger partial charge < -0.3 is 0 Å². The second-order valence-electron chi connectivity index (χ2n) is 5.53. The second kappa shape index (κ2) is 5.58. The number of nitro groups is 1. The summed E-state index contributed by atoms with van der Waals surface area (Å²) in [6.07, 6.45) is 2.00. The van der Waals surface area contributed by atoms with Crippen molar-refractivity contribution in [2.75, 3.05) is 0 Å². The fraction of sp³-hybridized carbons (Fsp3) is 0.0556. The van der Waals surface area contributed by atoms with E-state index in [0.29, 0.717) is 0 Å². The Balaban J connectivity index is 1.92. The fourth-order valence-electron chi connectivity index (χ4n) is 2.72. The van der Waals surface area contributed by atoms with Crippen LogP contribution >= 0.6 is 11.3 Å². The predicted molar refractivity (Wildman–Crippen MR) is 95.3 cm³/mol. The minimum absolute atomic E-state index is 0.0802. The lowest BCUT2D eigenvalue weighted by Gasteiger charge is -2.05. The maximum atomic E-state index is 10.9. The normalized spacial score (nSPS) is 11.0. The van der Waals surface area contributed by atoms with Gasteiger partial charge in [-0.05, 0) is 19.1 Å². The number of benzene rings is 2. The van der Waals surface area contributed by atoms with Crippen LogP contribution in [0.1, 0.15) is 5.56 Å². The lowest BCUT2D eigenvalue weighted by Crippen LogP contribution is -1.90. The number of aromatic nitrogens is 2. The molecule has 4 rings (SSSR count). The number of non-ortho nitro benzene ring substituents is 1. The summed E-state index contributed by atoms with van der Waals surface area (Å²) in [6, 6.07) is 14.8. The molecule has 0 spiro atoms. The molecular formula is C18H13N3O2S. The summed E-state index contributed by atoms with van der Waals surface area (Å²) in [5.41, 5.74) is 5.05. The molecule has 0 saturated carbocycles. The monoisotopic (exact) mass is 335 g/mol. The van der Waals surface area contributed by atoms with Crippen LogP contribution < -0.4 is 0 Å². The van der Waals surface area contributed by atoms with Crippen molar-refractivity contribution < 1.29 is 4.92 Å². The summed E-state index contributed by atoms with van der Waals surface area (Å²) in [4.78, 5) is 16.1. The molecule has 118 valence electrons. The molecule has 2 aromatic carbocycles. The van der Waals surface area contributed by atoms with Crippen LogP contribution in [0.2, 0.25) is 0 Å². The molecule has 0 fully saturated rings. The van der Waals surface area contributed by atoms with Crippen LogP contribution in [-0.2, 0) is 0 Å². The van der Waals surface area contributed by atoms with Crippen LogP contribution in [0.3, 0.4) is 0 Å². The Morgan fingerprint density at radius 3 is 2.38 bits per heavy atom. The summed E-state index contributed by atoms with van der Waals surface area (Å²) >= 11 is 1.57. The number of nitro benzene ring substituents is 1. The first-order chi connectivity index (χ1) is 11.6. The third-order valence-electron chi connectivity index (χ3n) is 3.94. The maximum Gasteiger partial charge on any atom is 0.269 e. The molecule has 0 N–H and O–H groups in total. The molecule has 0 aliphatic rings. The summed E-state index contributed by atoms with van der Waals surface area (Å²) in [6.45, 7) is 2.05. The van der Waals surface area contributed by atoms with Crippen LogP contribution in [0.25, 0.3) is 27.5 Å². The number of imidazole rings is 1. The van der Waals surface area contributed by atoms with Crippen molar-refractivity contribution in [2.24, 2.45) is 0 Å². The van der Waals surface area contributed by atoms with Crippen molar-refractivity contribution in [1.29, 1.82) is 0 Å². The molecule has 0 aliphatic heterocycles. The standard InChI is InChI=1S/C18H13N3O2S/c1-12-2-4-14(5-3-12)17-16(19-18-20(17)10-11-24-18)13-6-8-15(9-7-13)21(22)23/h2-11H,1H3. The molecule has 6 heteroatoms. The maximum absolute atomic E-state index is 10.9. The number of aryl methyl sites for hydroxylation is 1. The molecule has 0 bridgehead atoms. The average molecular weight is 335 g/mol. The fourth-order valence-corrected chi connectivity index (χ4v) is 3.43. The summed E-state index contributed by atoms with van der Waals surface area (Å²) in [5.74, 6) is 0. The summed E-state index contributed by atoms with van der Waals surface area (Å²) in [5, 5.41) is 12.9. The molecule has 0 saturated heterocycles. The minimum Gasteiger partial charge on any atom is -0.290 e. The highest BCUT2D eigenvalue weighted by Crippen LogP contribution is 2.34. The van der Waals surface area contributed by atoms with E-state index < -0.39 is 4.92 Å². The Kier molecular flexibility index (Phi) is 3.39. The Bertz CT molecular complexity index is 1030. The number of rotatable bonds is 3. The molecule has 5 nitrogen and oxygen atoms in total. The molecule has 0 radical (unpaired) electrons. The number of thiazole rings is 1. The summed E-state index contributed by atoms with van der Waals surface area (Å²) < 4.78 is 2.06. The number of fused-ring (bicyclic) bond motifs is 1. The third kappa shape index (κ3) is 2.37. The van der Waals surface area contributed by atoms with Crippen molar-refractivity contribution >= 4 is 22.0 Å². The molecule has 0 aliphatic carbocycles. The van der Waals surface area contributed by atoms with Gasteiger partial charge in [0.25, 0.3) is 5.69 Å². The predicted octanol–water partition coefficient (Wildman–Crippen LogP) is 4.95. The zero-order valence-electron chi connectivity index (χ0n) is 12.8. The van der Waals surface area contributed by atoms with Crippen LogP contribution in [-0.4, -0.2) is 14.3 Å². The van der Waals surface area contributed by atoms with Crippen LogP contribution in [0.4, 0.5) is 5.69 Å². The SMILES string of the molecule is Cc1ccc(-c2c(-c3ccc([N+](=O)[O-])cc3)nc3sccn23)cc1. The van der Waals surface area contributed by atoms with Gasteiger partial charge in [-0.2, -0.15) is 0 Å². The van der Waals surface area contributed by atoms with Gasteiger partial charge >= 0.3 is 0 Å². The lowest BCUT2D eigenvalue weighted by molar-refractivity contribution is -0.384. The Hall–Kier alpha value is -2.99. The van der Waals surface area contributed by atoms with Crippen molar-refractivity contribution in [3.63, 3.8) is 0 Å². The van der Waals surface area contributed by atoms with Crippen LogP contribution in [0, 0.1) is 17.0 Å². The molecule has 4 aromatic rings. The first kappa shape index (κ1) is 14.6. The highest BCUT2D eigenvalue weighted by Gasteiger charge is 2.17. The minimum atomic E-state index is -0.392. The topological polar surface area (TPSA) is 60.4 Å². The molecule has 0 atom stereocenters. The highest BCUT2D eigenvalue weighted by atomic mass is 32.1. The van der Waals surface area contributed by atoms with E-state index in [4.69, 9.17) is 4.98 Å². The van der Waals surface area contributed by atoms with Crippen LogP contribution in [0.15, 0.2) is 60.1 Å². The Labute approximate surface area is 142 Å². The first-order valence-electron chi connectivity index (χ1n) is 7.41. The Morgan fingerprint density at radius 2 is 1.71 bits per heavy atom. The van der Waals surface area contributed by atoms with Crippen molar-refractivity contribution in [3.8, 4) is 22.5 Å². The van der Waals surface area contributed by atoms with Gasteiger partial charge in [0.15, 0.2) is 4.96 Å². The molecular weight excluding hydrogens is 322 g/mol. The second-order valence-corrected chi connectivity index (χ2v) is 6.41. The molecule has 2 aromatic heterocycles.